The summed E-state index contributed by atoms with van der Waals surface area (Å²) in [6.45, 7) is 7.57. The van der Waals surface area contributed by atoms with Gasteiger partial charge < -0.3 is 20.0 Å². The summed E-state index contributed by atoms with van der Waals surface area (Å²) >= 11 is 12.3. The Morgan fingerprint density at radius 1 is 0.850 bits per heavy atom. The fourth-order valence-electron chi connectivity index (χ4n) is 5.41. The second kappa shape index (κ2) is 11.4. The minimum Gasteiger partial charge on any atom is -0.368 e. The van der Waals surface area contributed by atoms with Crippen LogP contribution in [0.2, 0.25) is 10.0 Å². The number of fused-ring (bicyclic) bond motifs is 1. The van der Waals surface area contributed by atoms with Gasteiger partial charge in [0.25, 0.3) is 5.91 Å². The molecule has 0 unspecified atom stereocenters. The Labute approximate surface area is 245 Å². The van der Waals surface area contributed by atoms with Crippen LogP contribution < -0.4 is 15.1 Å². The second-order valence-corrected chi connectivity index (χ2v) is 11.2. The molecule has 2 aliphatic heterocycles. The van der Waals surface area contributed by atoms with Gasteiger partial charge in [0.15, 0.2) is 0 Å². The smallest absolute Gasteiger partial charge is 0.253 e. The molecule has 0 radical (unpaired) electrons. The average Bonchev–Trinajstić information content (AvgIpc) is 2.99. The molecule has 1 amide bonds. The van der Waals surface area contributed by atoms with E-state index in [1.165, 1.54) is 11.1 Å². The normalized spacial score (nSPS) is 15.0. The number of aromatic nitrogens is 1. The predicted octanol–water partition coefficient (Wildman–Crippen LogP) is 6.76. The molecule has 0 atom stereocenters. The summed E-state index contributed by atoms with van der Waals surface area (Å²) in [7, 11) is 0. The van der Waals surface area contributed by atoms with Crippen LogP contribution in [0.5, 0.6) is 0 Å². The van der Waals surface area contributed by atoms with Crippen LogP contribution in [0.1, 0.15) is 21.5 Å². The third-order valence-electron chi connectivity index (χ3n) is 7.78. The number of carbonyl (C=O) groups is 1. The highest BCUT2D eigenvalue weighted by Gasteiger charge is 2.23. The van der Waals surface area contributed by atoms with Crippen molar-refractivity contribution in [3.63, 3.8) is 0 Å². The van der Waals surface area contributed by atoms with Gasteiger partial charge >= 0.3 is 0 Å². The standard InChI is InChI=1S/C32H31Cl2N5O/c1-22-2-7-28(34)18-26(22)21-39-13-12-35-31-30(39)19-25(20-36-31)23-3-5-24(6-4-23)32(40)38-16-14-37(15-17-38)29-10-8-27(33)9-11-29/h2-11,18-20H,12-17,21H2,1H3,(H,35,36). The molecule has 1 fully saturated rings. The number of hydrogen-bond acceptors (Lipinski definition) is 5. The Hall–Kier alpha value is -3.74. The molecular formula is C32H31Cl2N5O. The number of nitrogens with one attached hydrogen (secondary N) is 1. The van der Waals surface area contributed by atoms with Gasteiger partial charge in [-0.2, -0.15) is 0 Å². The molecular weight excluding hydrogens is 541 g/mol. The molecule has 3 aromatic carbocycles. The zero-order chi connectivity index (χ0) is 27.6. The Morgan fingerprint density at radius 2 is 1.57 bits per heavy atom. The lowest BCUT2D eigenvalue weighted by molar-refractivity contribution is 0.0747. The zero-order valence-corrected chi connectivity index (χ0v) is 23.9. The third-order valence-corrected chi connectivity index (χ3v) is 8.27. The molecule has 8 heteroatoms. The van der Waals surface area contributed by atoms with Gasteiger partial charge in [-0.1, -0.05) is 41.4 Å². The van der Waals surface area contributed by atoms with Crippen LogP contribution in [-0.2, 0) is 6.54 Å². The number of aryl methyl sites for hydroxylation is 1. The van der Waals surface area contributed by atoms with Gasteiger partial charge in [-0.15, -0.1) is 0 Å². The maximum atomic E-state index is 13.2. The van der Waals surface area contributed by atoms with Crippen molar-refractivity contribution in [2.24, 2.45) is 0 Å². The lowest BCUT2D eigenvalue weighted by Gasteiger charge is -2.36. The van der Waals surface area contributed by atoms with Gasteiger partial charge in [-0.05, 0) is 78.2 Å². The number of carbonyl (C=O) groups excluding carboxylic acids is 1. The Bertz CT molecular complexity index is 1520. The van der Waals surface area contributed by atoms with E-state index in [-0.39, 0.29) is 5.91 Å². The summed E-state index contributed by atoms with van der Waals surface area (Å²) in [5.41, 5.74) is 7.39. The molecule has 0 spiro atoms. The average molecular weight is 573 g/mol. The number of amides is 1. The van der Waals surface area contributed by atoms with Crippen molar-refractivity contribution in [2.75, 3.05) is 54.4 Å². The quantitative estimate of drug-likeness (QED) is 0.287. The number of nitrogens with zero attached hydrogens (tertiary/aromatic N) is 4. The highest BCUT2D eigenvalue weighted by molar-refractivity contribution is 6.30. The van der Waals surface area contributed by atoms with Gasteiger partial charge in [-0.25, -0.2) is 4.98 Å². The molecule has 40 heavy (non-hydrogen) atoms. The number of pyridine rings is 1. The van der Waals surface area contributed by atoms with Crippen molar-refractivity contribution >= 4 is 46.3 Å². The molecule has 1 saturated heterocycles. The third kappa shape index (κ3) is 5.60. The monoisotopic (exact) mass is 571 g/mol. The van der Waals surface area contributed by atoms with Gasteiger partial charge in [0.1, 0.15) is 5.82 Å². The van der Waals surface area contributed by atoms with E-state index < -0.39 is 0 Å². The van der Waals surface area contributed by atoms with Gasteiger partial charge in [0, 0.05) is 78.9 Å². The van der Waals surface area contributed by atoms with E-state index in [2.05, 4.69) is 34.2 Å². The SMILES string of the molecule is Cc1ccc(Cl)cc1CN1CCNc2ncc(-c3ccc(C(=O)N4CCN(c5ccc(Cl)cc5)CC4)cc3)cc21. The minimum absolute atomic E-state index is 0.0677. The summed E-state index contributed by atoms with van der Waals surface area (Å²) in [5.74, 6) is 0.956. The Balaban J connectivity index is 1.14. The lowest BCUT2D eigenvalue weighted by atomic mass is 10.0. The molecule has 6 nitrogen and oxygen atoms in total. The largest absolute Gasteiger partial charge is 0.368 e. The van der Waals surface area contributed by atoms with Crippen molar-refractivity contribution < 1.29 is 4.79 Å². The summed E-state index contributed by atoms with van der Waals surface area (Å²) < 4.78 is 0. The molecule has 4 aromatic rings. The fourth-order valence-corrected chi connectivity index (χ4v) is 5.73. The number of rotatable bonds is 5. The maximum absolute atomic E-state index is 13.2. The first kappa shape index (κ1) is 26.5. The molecule has 0 aliphatic carbocycles. The summed E-state index contributed by atoms with van der Waals surface area (Å²) in [6.07, 6.45) is 1.90. The summed E-state index contributed by atoms with van der Waals surface area (Å²) in [6, 6.07) is 24.0. The zero-order valence-electron chi connectivity index (χ0n) is 22.4. The van der Waals surface area contributed by atoms with Crippen LogP contribution >= 0.6 is 23.2 Å². The van der Waals surface area contributed by atoms with Gasteiger partial charge in [-0.3, -0.25) is 4.79 Å². The van der Waals surface area contributed by atoms with E-state index in [4.69, 9.17) is 28.2 Å². The topological polar surface area (TPSA) is 51.7 Å². The van der Waals surface area contributed by atoms with Crippen molar-refractivity contribution in [3.8, 4) is 11.1 Å². The van der Waals surface area contributed by atoms with E-state index in [9.17, 15) is 4.79 Å². The number of anilines is 3. The Morgan fingerprint density at radius 3 is 2.33 bits per heavy atom. The van der Waals surface area contributed by atoms with E-state index in [0.29, 0.717) is 18.7 Å². The summed E-state index contributed by atoms with van der Waals surface area (Å²) in [4.78, 5) is 24.6. The first-order valence-corrected chi connectivity index (χ1v) is 14.3. The van der Waals surface area contributed by atoms with E-state index >= 15 is 0 Å². The number of hydrogen-bond donors (Lipinski definition) is 1. The van der Waals surface area contributed by atoms with Crippen LogP contribution in [-0.4, -0.2) is 55.1 Å². The first-order chi connectivity index (χ1) is 19.4. The van der Waals surface area contributed by atoms with Crippen molar-refractivity contribution in [1.82, 2.24) is 9.88 Å². The maximum Gasteiger partial charge on any atom is 0.253 e. The van der Waals surface area contributed by atoms with Crippen molar-refractivity contribution in [3.05, 3.63) is 106 Å². The highest BCUT2D eigenvalue weighted by atomic mass is 35.5. The van der Waals surface area contributed by atoms with Crippen LogP contribution in [0.4, 0.5) is 17.2 Å². The molecule has 1 N–H and O–H groups in total. The van der Waals surface area contributed by atoms with Crippen molar-refractivity contribution in [2.45, 2.75) is 13.5 Å². The number of piperazine rings is 1. The number of halogens is 2. The fraction of sp³-hybridized carbons (Fsp3) is 0.250. The molecule has 6 rings (SSSR count). The molecule has 0 bridgehead atoms. The van der Waals surface area contributed by atoms with E-state index in [1.807, 2.05) is 71.8 Å². The van der Waals surface area contributed by atoms with E-state index in [1.54, 1.807) is 0 Å². The van der Waals surface area contributed by atoms with E-state index in [0.717, 1.165) is 71.1 Å². The Kier molecular flexibility index (Phi) is 7.55. The number of benzene rings is 3. The molecule has 1 aromatic heterocycles. The van der Waals surface area contributed by atoms with Crippen LogP contribution in [0.15, 0.2) is 79.0 Å². The molecule has 0 saturated carbocycles. The predicted molar refractivity (Wildman–Crippen MR) is 165 cm³/mol. The lowest BCUT2D eigenvalue weighted by Crippen LogP contribution is -2.48. The van der Waals surface area contributed by atoms with Gasteiger partial charge in [0.2, 0.25) is 0 Å². The minimum atomic E-state index is 0.0677. The van der Waals surface area contributed by atoms with Crippen LogP contribution in [0, 0.1) is 6.92 Å². The highest BCUT2D eigenvalue weighted by Crippen LogP contribution is 2.33. The van der Waals surface area contributed by atoms with Gasteiger partial charge in [0.05, 0.1) is 5.69 Å². The second-order valence-electron chi connectivity index (χ2n) is 10.3. The first-order valence-electron chi connectivity index (χ1n) is 13.6. The van der Waals surface area contributed by atoms with Crippen molar-refractivity contribution in [1.29, 1.82) is 0 Å². The molecule has 204 valence electrons. The molecule has 2 aliphatic rings. The van der Waals surface area contributed by atoms with Crippen LogP contribution in [0.3, 0.4) is 0 Å². The molecule has 3 heterocycles. The summed E-state index contributed by atoms with van der Waals surface area (Å²) in [5, 5.41) is 4.90. The van der Waals surface area contributed by atoms with Crippen LogP contribution in [0.25, 0.3) is 11.1 Å².